The maximum Gasteiger partial charge on any atom is 0.0944 e. The molecule has 0 radical (unpaired) electrons. The van der Waals surface area contributed by atoms with Gasteiger partial charge in [-0.15, -0.1) is 0 Å². The molecule has 0 heterocycles. The van der Waals surface area contributed by atoms with Crippen LogP contribution in [0.2, 0.25) is 0 Å². The van der Waals surface area contributed by atoms with Crippen molar-refractivity contribution < 1.29 is 0 Å². The van der Waals surface area contributed by atoms with Gasteiger partial charge in [0, 0.05) is 11.3 Å². The van der Waals surface area contributed by atoms with E-state index in [-0.39, 0.29) is 0 Å². The van der Waals surface area contributed by atoms with Gasteiger partial charge >= 0.3 is 0 Å². The van der Waals surface area contributed by atoms with Crippen molar-refractivity contribution in [2.75, 3.05) is 0 Å². The summed E-state index contributed by atoms with van der Waals surface area (Å²) in [5.74, 6) is 0. The van der Waals surface area contributed by atoms with Gasteiger partial charge < -0.3 is 5.73 Å². The van der Waals surface area contributed by atoms with Crippen LogP contribution < -0.4 is 5.73 Å². The summed E-state index contributed by atoms with van der Waals surface area (Å²) < 4.78 is 0. The molecule has 0 saturated carbocycles. The van der Waals surface area contributed by atoms with Gasteiger partial charge in [0.2, 0.25) is 0 Å². The Balaban J connectivity index is 4.07. The summed E-state index contributed by atoms with van der Waals surface area (Å²) in [4.78, 5) is 0. The van der Waals surface area contributed by atoms with E-state index in [1.807, 2.05) is 13.0 Å². The molecule has 0 amide bonds. The zero-order chi connectivity index (χ0) is 7.98. The lowest BCUT2D eigenvalue weighted by atomic mass is 10.2. The van der Waals surface area contributed by atoms with E-state index >= 15 is 0 Å². The summed E-state index contributed by atoms with van der Waals surface area (Å²) in [6.07, 6.45) is 4.31. The molecule has 0 unspecified atom stereocenters. The van der Waals surface area contributed by atoms with Gasteiger partial charge in [0.15, 0.2) is 0 Å². The van der Waals surface area contributed by atoms with E-state index in [0.717, 1.165) is 12.1 Å². The van der Waals surface area contributed by atoms with Gasteiger partial charge in [-0.3, -0.25) is 0 Å². The van der Waals surface area contributed by atoms with Crippen LogP contribution in [0.3, 0.4) is 0 Å². The van der Waals surface area contributed by atoms with Crippen molar-refractivity contribution in [2.24, 2.45) is 5.73 Å². The minimum atomic E-state index is 0.677. The fourth-order valence-electron chi connectivity index (χ4n) is 0.387. The van der Waals surface area contributed by atoms with Crippen LogP contribution in [-0.2, 0) is 0 Å². The number of hydrogen-bond acceptors (Lipinski definition) is 2. The lowest BCUT2D eigenvalue weighted by Gasteiger charge is -1.89. The highest BCUT2D eigenvalue weighted by atomic mass is 14.6. The Bertz CT molecular complexity index is 194. The first-order valence-electron chi connectivity index (χ1n) is 3.23. The number of nitriles is 1. The summed E-state index contributed by atoms with van der Waals surface area (Å²) in [5.41, 5.74) is 6.96. The Morgan fingerprint density at radius 3 is 2.60 bits per heavy atom. The molecule has 2 nitrogen and oxygen atoms in total. The summed E-state index contributed by atoms with van der Waals surface area (Å²) in [7, 11) is 0. The van der Waals surface area contributed by atoms with Crippen molar-refractivity contribution in [3.8, 4) is 6.07 Å². The second-order valence-electron chi connectivity index (χ2n) is 2.06. The van der Waals surface area contributed by atoms with Crippen molar-refractivity contribution in [1.82, 2.24) is 0 Å². The van der Waals surface area contributed by atoms with E-state index in [0.29, 0.717) is 5.57 Å². The lowest BCUT2D eigenvalue weighted by Crippen LogP contribution is -1.92. The van der Waals surface area contributed by atoms with Crippen LogP contribution in [0.25, 0.3) is 0 Å². The van der Waals surface area contributed by atoms with E-state index < -0.39 is 0 Å². The highest BCUT2D eigenvalue weighted by Gasteiger charge is 1.82. The third kappa shape index (κ3) is 3.73. The topological polar surface area (TPSA) is 49.8 Å². The molecule has 0 spiro atoms. The van der Waals surface area contributed by atoms with Gasteiger partial charge in [0.05, 0.1) is 6.07 Å². The van der Waals surface area contributed by atoms with E-state index in [1.54, 1.807) is 19.1 Å². The Labute approximate surface area is 61.6 Å². The number of allylic oxidation sites excluding steroid dienone is 4. The summed E-state index contributed by atoms with van der Waals surface area (Å²) in [6, 6.07) is 2.01. The van der Waals surface area contributed by atoms with Crippen LogP contribution in [0.15, 0.2) is 23.4 Å². The van der Waals surface area contributed by atoms with Crippen LogP contribution in [-0.4, -0.2) is 0 Å². The largest absolute Gasteiger partial charge is 0.402 e. The third-order valence-electron chi connectivity index (χ3n) is 1.13. The molecule has 0 rings (SSSR count). The van der Waals surface area contributed by atoms with Gasteiger partial charge in [0.1, 0.15) is 0 Å². The zero-order valence-corrected chi connectivity index (χ0v) is 6.39. The van der Waals surface area contributed by atoms with E-state index in [1.165, 1.54) is 0 Å². The molecule has 0 aliphatic rings. The highest BCUT2D eigenvalue weighted by Crippen LogP contribution is 1.94. The number of nitrogens with two attached hydrogens (primary N) is 1. The second-order valence-corrected chi connectivity index (χ2v) is 2.06. The number of hydrogen-bond donors (Lipinski definition) is 1. The fraction of sp³-hybridized carbons (Fsp3) is 0.375. The van der Waals surface area contributed by atoms with Crippen LogP contribution >= 0.6 is 0 Å². The quantitative estimate of drug-likeness (QED) is 0.464. The molecule has 10 heavy (non-hydrogen) atoms. The number of rotatable bonds is 2. The predicted octanol–water partition coefficient (Wildman–Crippen LogP) is 1.71. The zero-order valence-electron chi connectivity index (χ0n) is 6.39. The summed E-state index contributed by atoms with van der Waals surface area (Å²) >= 11 is 0. The number of nitrogens with zero attached hydrogens (tertiary/aromatic N) is 1. The van der Waals surface area contributed by atoms with Crippen molar-refractivity contribution in [1.29, 1.82) is 5.26 Å². The molecule has 2 heteroatoms. The second kappa shape index (κ2) is 4.63. The molecule has 54 valence electrons. The molecular weight excluding hydrogens is 124 g/mol. The Hall–Kier alpha value is -1.23. The smallest absolute Gasteiger partial charge is 0.0944 e. The molecule has 0 saturated heterocycles. The van der Waals surface area contributed by atoms with Crippen molar-refractivity contribution in [3.63, 3.8) is 0 Å². The van der Waals surface area contributed by atoms with Crippen LogP contribution in [0.5, 0.6) is 0 Å². The van der Waals surface area contributed by atoms with Gasteiger partial charge in [-0.25, -0.2) is 0 Å². The Morgan fingerprint density at radius 2 is 2.20 bits per heavy atom. The minimum Gasteiger partial charge on any atom is -0.402 e. The molecule has 0 aromatic rings. The average molecular weight is 136 g/mol. The average Bonchev–Trinajstić information content (AvgIpc) is 1.99. The first-order valence-corrected chi connectivity index (χ1v) is 3.23. The monoisotopic (exact) mass is 136 g/mol. The summed E-state index contributed by atoms with van der Waals surface area (Å²) in [6.45, 7) is 3.72. The van der Waals surface area contributed by atoms with Gasteiger partial charge in [-0.2, -0.15) is 5.26 Å². The maximum absolute atomic E-state index is 8.33. The molecule has 0 aliphatic heterocycles. The van der Waals surface area contributed by atoms with E-state index in [2.05, 4.69) is 0 Å². The van der Waals surface area contributed by atoms with Crippen molar-refractivity contribution >= 4 is 0 Å². The maximum atomic E-state index is 8.33. The highest BCUT2D eigenvalue weighted by molar-refractivity contribution is 5.24. The lowest BCUT2D eigenvalue weighted by molar-refractivity contribution is 1.07. The molecule has 0 bridgehead atoms. The van der Waals surface area contributed by atoms with Gasteiger partial charge in [-0.05, 0) is 25.5 Å². The predicted molar refractivity (Wildman–Crippen MR) is 41.9 cm³/mol. The van der Waals surface area contributed by atoms with Gasteiger partial charge in [-0.1, -0.05) is 6.92 Å². The van der Waals surface area contributed by atoms with Crippen molar-refractivity contribution in [3.05, 3.63) is 23.4 Å². The standard InChI is InChI=1S/C8H12N2/c1-3-8(10)5-4-7(2)6-9/h4-5H,3,10H2,1-2H3/b7-4+,8-5-. The first-order chi connectivity index (χ1) is 4.70. The molecular formula is C8H12N2. The molecule has 0 fully saturated rings. The SMILES string of the molecule is CC/C(N)=C/C=C(\C)C#N. The molecule has 0 aliphatic carbocycles. The minimum absolute atomic E-state index is 0.677. The summed E-state index contributed by atoms with van der Waals surface area (Å²) in [5, 5.41) is 8.33. The Morgan fingerprint density at radius 1 is 1.60 bits per heavy atom. The fourth-order valence-corrected chi connectivity index (χ4v) is 0.387. The van der Waals surface area contributed by atoms with Crippen LogP contribution in [0.1, 0.15) is 20.3 Å². The Kier molecular flexibility index (Phi) is 4.06. The normalized spacial score (nSPS) is 12.9. The van der Waals surface area contributed by atoms with E-state index in [4.69, 9.17) is 11.0 Å². The van der Waals surface area contributed by atoms with Crippen LogP contribution in [0, 0.1) is 11.3 Å². The third-order valence-corrected chi connectivity index (χ3v) is 1.13. The molecule has 0 aromatic carbocycles. The van der Waals surface area contributed by atoms with Gasteiger partial charge in [0.25, 0.3) is 0 Å². The van der Waals surface area contributed by atoms with Crippen molar-refractivity contribution in [2.45, 2.75) is 20.3 Å². The molecule has 2 N–H and O–H groups in total. The molecule has 0 aromatic heterocycles. The van der Waals surface area contributed by atoms with E-state index in [9.17, 15) is 0 Å². The van der Waals surface area contributed by atoms with Crippen LogP contribution in [0.4, 0.5) is 0 Å². The molecule has 0 atom stereocenters. The first kappa shape index (κ1) is 8.77.